The van der Waals surface area contributed by atoms with Crippen LogP contribution in [0.4, 0.5) is 18.0 Å². The molecular weight excluding hydrogens is 357 g/mol. The number of amides is 2. The average Bonchev–Trinajstić information content (AvgIpc) is 3.06. The Morgan fingerprint density at radius 1 is 1.15 bits per heavy atom. The van der Waals surface area contributed by atoms with E-state index in [9.17, 15) is 18.0 Å². The quantitative estimate of drug-likeness (QED) is 0.882. The van der Waals surface area contributed by atoms with Gasteiger partial charge in [-0.1, -0.05) is 0 Å². The summed E-state index contributed by atoms with van der Waals surface area (Å²) in [6, 6.07) is 5.91. The fourth-order valence-electron chi connectivity index (χ4n) is 3.57. The number of aromatic nitrogens is 2. The molecule has 0 unspecified atom stereocenters. The molecule has 8 heteroatoms. The van der Waals surface area contributed by atoms with Crippen molar-refractivity contribution in [2.24, 2.45) is 0 Å². The maximum Gasteiger partial charge on any atom is 0.317 e. The first kappa shape index (κ1) is 17.9. The van der Waals surface area contributed by atoms with Crippen molar-refractivity contribution in [1.82, 2.24) is 19.8 Å². The van der Waals surface area contributed by atoms with Gasteiger partial charge < -0.3 is 14.8 Å². The number of urea groups is 1. The lowest BCUT2D eigenvalue weighted by atomic mass is 9.92. The summed E-state index contributed by atoms with van der Waals surface area (Å²) in [6.07, 6.45) is 3.90. The van der Waals surface area contributed by atoms with Crippen LogP contribution in [0.1, 0.15) is 31.7 Å². The van der Waals surface area contributed by atoms with E-state index < -0.39 is 5.92 Å². The molecule has 1 aliphatic heterocycles. The van der Waals surface area contributed by atoms with Crippen molar-refractivity contribution in [3.05, 3.63) is 42.6 Å². The van der Waals surface area contributed by atoms with Gasteiger partial charge in [0.1, 0.15) is 5.82 Å². The van der Waals surface area contributed by atoms with E-state index in [2.05, 4.69) is 10.3 Å². The minimum atomic E-state index is -2.59. The molecule has 1 saturated heterocycles. The van der Waals surface area contributed by atoms with E-state index in [1.807, 2.05) is 10.8 Å². The Hall–Kier alpha value is -2.51. The van der Waals surface area contributed by atoms with Gasteiger partial charge in [-0.05, 0) is 37.1 Å². The summed E-state index contributed by atoms with van der Waals surface area (Å²) in [5, 5.41) is 2.86. The predicted molar refractivity (Wildman–Crippen MR) is 94.0 cm³/mol. The van der Waals surface area contributed by atoms with Gasteiger partial charge >= 0.3 is 6.03 Å². The number of alkyl halides is 2. The maximum absolute atomic E-state index is 13.2. The number of hydrogen-bond donors (Lipinski definition) is 1. The molecule has 2 aromatic rings. The molecule has 4 rings (SSSR count). The monoisotopic (exact) mass is 378 g/mol. The second kappa shape index (κ2) is 6.90. The Morgan fingerprint density at radius 3 is 2.48 bits per heavy atom. The molecule has 27 heavy (non-hydrogen) atoms. The van der Waals surface area contributed by atoms with Gasteiger partial charge in [-0.2, -0.15) is 0 Å². The first-order valence-corrected chi connectivity index (χ1v) is 9.12. The molecule has 2 fully saturated rings. The first-order valence-electron chi connectivity index (χ1n) is 9.12. The molecule has 1 aromatic heterocycles. The Morgan fingerprint density at radius 2 is 1.81 bits per heavy atom. The lowest BCUT2D eigenvalue weighted by molar-refractivity contribution is -0.0400. The van der Waals surface area contributed by atoms with Gasteiger partial charge in [-0.25, -0.2) is 22.9 Å². The standard InChI is InChI=1S/C19H21F3N4O/c20-14-3-1-13(2-4-14)17-11-26(12-23-17)16-9-25(10-16)18(27)24-15-5-7-19(21,22)8-6-15/h1-4,11-12,15-16H,5-10H2,(H,24,27). The number of nitrogens with zero attached hydrogens (tertiary/aromatic N) is 3. The summed E-state index contributed by atoms with van der Waals surface area (Å²) in [4.78, 5) is 18.3. The van der Waals surface area contributed by atoms with Crippen LogP contribution in [-0.4, -0.2) is 45.5 Å². The molecule has 1 saturated carbocycles. The van der Waals surface area contributed by atoms with E-state index in [1.54, 1.807) is 23.4 Å². The number of rotatable bonds is 3. The smallest absolute Gasteiger partial charge is 0.317 e. The van der Waals surface area contributed by atoms with E-state index in [-0.39, 0.29) is 36.8 Å². The van der Waals surface area contributed by atoms with Gasteiger partial charge in [-0.15, -0.1) is 0 Å². The molecular formula is C19H21F3N4O. The van der Waals surface area contributed by atoms with Gasteiger partial charge in [-0.3, -0.25) is 0 Å². The molecule has 2 heterocycles. The molecule has 0 atom stereocenters. The van der Waals surface area contributed by atoms with E-state index in [1.165, 1.54) is 12.1 Å². The highest BCUT2D eigenvalue weighted by molar-refractivity contribution is 5.75. The third-order valence-electron chi connectivity index (χ3n) is 5.36. The molecule has 0 spiro atoms. The van der Waals surface area contributed by atoms with Crippen molar-refractivity contribution in [3.63, 3.8) is 0 Å². The number of carbonyl (C=O) groups is 1. The van der Waals surface area contributed by atoms with Crippen molar-refractivity contribution in [2.75, 3.05) is 13.1 Å². The van der Waals surface area contributed by atoms with Crippen LogP contribution in [0.2, 0.25) is 0 Å². The van der Waals surface area contributed by atoms with Gasteiger partial charge in [0.2, 0.25) is 5.92 Å². The molecule has 0 bridgehead atoms. The number of carbonyl (C=O) groups excluding carboxylic acids is 1. The summed E-state index contributed by atoms with van der Waals surface area (Å²) >= 11 is 0. The fraction of sp³-hybridized carbons (Fsp3) is 0.474. The summed E-state index contributed by atoms with van der Waals surface area (Å²) in [5.74, 6) is -2.88. The highest BCUT2D eigenvalue weighted by Gasteiger charge is 2.37. The number of hydrogen-bond acceptors (Lipinski definition) is 2. The average molecular weight is 378 g/mol. The highest BCUT2D eigenvalue weighted by atomic mass is 19.3. The SMILES string of the molecule is O=C(NC1CCC(F)(F)CC1)N1CC(n2cnc(-c3ccc(F)cc3)c2)C1. The first-order chi connectivity index (χ1) is 12.9. The Kier molecular flexibility index (Phi) is 4.57. The molecule has 2 aliphatic rings. The van der Waals surface area contributed by atoms with Crippen LogP contribution in [0.15, 0.2) is 36.8 Å². The molecule has 5 nitrogen and oxygen atoms in total. The third-order valence-corrected chi connectivity index (χ3v) is 5.36. The maximum atomic E-state index is 13.2. The van der Waals surface area contributed by atoms with Crippen LogP contribution in [0, 0.1) is 5.82 Å². The zero-order valence-corrected chi connectivity index (χ0v) is 14.7. The highest BCUT2D eigenvalue weighted by Crippen LogP contribution is 2.33. The fourth-order valence-corrected chi connectivity index (χ4v) is 3.57. The van der Waals surface area contributed by atoms with Gasteiger partial charge in [0.05, 0.1) is 18.1 Å². The van der Waals surface area contributed by atoms with Gasteiger partial charge in [0, 0.05) is 43.7 Å². The summed E-state index contributed by atoms with van der Waals surface area (Å²) in [7, 11) is 0. The van der Waals surface area contributed by atoms with Crippen molar-refractivity contribution >= 4 is 6.03 Å². The lowest BCUT2D eigenvalue weighted by Crippen LogP contribution is -2.56. The van der Waals surface area contributed by atoms with Gasteiger partial charge in [0.25, 0.3) is 0 Å². The van der Waals surface area contributed by atoms with Crippen LogP contribution >= 0.6 is 0 Å². The molecule has 1 aromatic carbocycles. The Labute approximate surface area is 155 Å². The lowest BCUT2D eigenvalue weighted by Gasteiger charge is -2.41. The van der Waals surface area contributed by atoms with E-state index in [0.717, 1.165) is 11.3 Å². The number of likely N-dealkylation sites (tertiary alicyclic amines) is 1. The summed E-state index contributed by atoms with van der Waals surface area (Å²) < 4.78 is 41.3. The molecule has 0 radical (unpaired) electrons. The third kappa shape index (κ3) is 3.94. The van der Waals surface area contributed by atoms with E-state index in [4.69, 9.17) is 0 Å². The van der Waals surface area contributed by atoms with Gasteiger partial charge in [0.15, 0.2) is 0 Å². The summed E-state index contributed by atoms with van der Waals surface area (Å²) in [5.41, 5.74) is 1.58. The largest absolute Gasteiger partial charge is 0.335 e. The zero-order chi connectivity index (χ0) is 19.0. The number of benzene rings is 1. The number of halogens is 3. The van der Waals surface area contributed by atoms with Crippen LogP contribution in [-0.2, 0) is 0 Å². The Bertz CT molecular complexity index is 805. The van der Waals surface area contributed by atoms with Crippen molar-refractivity contribution in [2.45, 2.75) is 43.7 Å². The van der Waals surface area contributed by atoms with Crippen LogP contribution in [0.25, 0.3) is 11.3 Å². The number of nitrogens with one attached hydrogen (secondary N) is 1. The molecule has 144 valence electrons. The molecule has 1 aliphatic carbocycles. The van der Waals surface area contributed by atoms with E-state index >= 15 is 0 Å². The Balaban J connectivity index is 1.28. The minimum Gasteiger partial charge on any atom is -0.335 e. The second-order valence-electron chi connectivity index (χ2n) is 7.35. The van der Waals surface area contributed by atoms with Crippen LogP contribution < -0.4 is 5.32 Å². The number of imidazole rings is 1. The second-order valence-corrected chi connectivity index (χ2v) is 7.35. The summed E-state index contributed by atoms with van der Waals surface area (Å²) in [6.45, 7) is 1.10. The van der Waals surface area contributed by atoms with Crippen molar-refractivity contribution in [1.29, 1.82) is 0 Å². The topological polar surface area (TPSA) is 50.2 Å². The molecule has 2 amide bonds. The predicted octanol–water partition coefficient (Wildman–Crippen LogP) is 3.83. The zero-order valence-electron chi connectivity index (χ0n) is 14.7. The normalized spacial score (nSPS) is 20.3. The van der Waals surface area contributed by atoms with Crippen molar-refractivity contribution < 1.29 is 18.0 Å². The van der Waals surface area contributed by atoms with Crippen molar-refractivity contribution in [3.8, 4) is 11.3 Å². The molecule has 1 N–H and O–H groups in total. The van der Waals surface area contributed by atoms with Crippen LogP contribution in [0.3, 0.4) is 0 Å². The van der Waals surface area contributed by atoms with Crippen LogP contribution in [0.5, 0.6) is 0 Å². The van der Waals surface area contributed by atoms with E-state index in [0.29, 0.717) is 25.9 Å². The minimum absolute atomic E-state index is 0.133.